The van der Waals surface area contributed by atoms with Crippen LogP contribution in [0.25, 0.3) is 0 Å². The fourth-order valence-corrected chi connectivity index (χ4v) is 4.15. The van der Waals surface area contributed by atoms with Gasteiger partial charge in [-0.25, -0.2) is 4.79 Å². The fraction of sp³-hybridized carbons (Fsp3) is 0.458. The van der Waals surface area contributed by atoms with Crippen molar-refractivity contribution in [2.45, 2.75) is 63.2 Å². The number of aliphatic hydroxyl groups is 1. The molecule has 0 aromatic heterocycles. The number of fused-ring (bicyclic) bond motifs is 1. The van der Waals surface area contributed by atoms with Crippen LogP contribution in [0.2, 0.25) is 5.02 Å². The molecule has 2 aromatic rings. The first kappa shape index (κ1) is 27.9. The molecule has 0 unspecified atom stereocenters. The molecule has 1 aliphatic carbocycles. The molecule has 0 heterocycles. The molecule has 5 nitrogen and oxygen atoms in total. The van der Waals surface area contributed by atoms with Gasteiger partial charge < -0.3 is 20.5 Å². The molecular formula is C24H25ClF6N2O3. The number of alkyl halides is 6. The van der Waals surface area contributed by atoms with E-state index in [0.717, 1.165) is 11.1 Å². The minimum Gasteiger partial charge on any atom is -0.444 e. The maximum absolute atomic E-state index is 13.9. The zero-order chi connectivity index (χ0) is 27.1. The average Bonchev–Trinajstić information content (AvgIpc) is 3.10. The van der Waals surface area contributed by atoms with Crippen LogP contribution in [0.4, 0.5) is 36.8 Å². The van der Waals surface area contributed by atoms with E-state index in [1.807, 2.05) is 0 Å². The van der Waals surface area contributed by atoms with Gasteiger partial charge in [0.2, 0.25) is 5.60 Å². The highest BCUT2D eigenvalue weighted by Gasteiger charge is 2.55. The van der Waals surface area contributed by atoms with Gasteiger partial charge in [0.1, 0.15) is 5.60 Å². The van der Waals surface area contributed by atoms with E-state index in [-0.39, 0.29) is 17.8 Å². The van der Waals surface area contributed by atoms with Crippen molar-refractivity contribution in [1.29, 1.82) is 0 Å². The molecule has 2 atom stereocenters. The number of nitrogens with one attached hydrogen (secondary N) is 2. The van der Waals surface area contributed by atoms with Crippen LogP contribution < -0.4 is 10.6 Å². The predicted molar refractivity (Wildman–Crippen MR) is 122 cm³/mol. The summed E-state index contributed by atoms with van der Waals surface area (Å²) in [5.41, 5.74) is -5.04. The minimum absolute atomic E-state index is 0.215. The van der Waals surface area contributed by atoms with Crippen LogP contribution in [0.5, 0.6) is 0 Å². The smallest absolute Gasteiger partial charge is 0.423 e. The van der Waals surface area contributed by atoms with Crippen molar-refractivity contribution in [3.05, 3.63) is 63.7 Å². The standard InChI is InChI=1S/C24H25ClF6N2O3/c1-21(2,3)36-20(34)33-19-7-4-13-8-17(5-6-18(13)19)32-12-22(35,24(29,30)31)14-9-15(23(26,27)28)11-16(25)10-14/h5-6,8-11,19,32,35H,4,7,12H2,1-3H3,(H,33,34)/t19-,22-/m1/s1. The second-order valence-corrected chi connectivity index (χ2v) is 10.0. The number of carbonyl (C=O) groups is 1. The highest BCUT2D eigenvalue weighted by Crippen LogP contribution is 2.43. The Labute approximate surface area is 208 Å². The van der Waals surface area contributed by atoms with E-state index < -0.39 is 52.3 Å². The molecule has 36 heavy (non-hydrogen) atoms. The van der Waals surface area contributed by atoms with E-state index in [1.54, 1.807) is 32.9 Å². The number of benzene rings is 2. The van der Waals surface area contributed by atoms with Crippen molar-refractivity contribution in [3.8, 4) is 0 Å². The zero-order valence-corrected chi connectivity index (χ0v) is 20.3. The van der Waals surface area contributed by atoms with Crippen LogP contribution in [-0.2, 0) is 22.9 Å². The van der Waals surface area contributed by atoms with E-state index >= 15 is 0 Å². The summed E-state index contributed by atoms with van der Waals surface area (Å²) in [4.78, 5) is 12.1. The molecule has 1 aliphatic rings. The minimum atomic E-state index is -5.31. The number of aryl methyl sites for hydroxylation is 1. The second kappa shape index (κ2) is 9.66. The molecule has 0 aliphatic heterocycles. The van der Waals surface area contributed by atoms with Gasteiger partial charge in [-0.3, -0.25) is 0 Å². The van der Waals surface area contributed by atoms with E-state index in [2.05, 4.69) is 10.6 Å². The molecule has 2 aromatic carbocycles. The summed E-state index contributed by atoms with van der Waals surface area (Å²) >= 11 is 5.64. The number of ether oxygens (including phenoxy) is 1. The molecule has 0 spiro atoms. The van der Waals surface area contributed by atoms with E-state index in [4.69, 9.17) is 16.3 Å². The zero-order valence-electron chi connectivity index (χ0n) is 19.6. The maximum atomic E-state index is 13.9. The lowest BCUT2D eigenvalue weighted by molar-refractivity contribution is -0.260. The Bertz CT molecular complexity index is 1130. The van der Waals surface area contributed by atoms with E-state index in [9.17, 15) is 36.2 Å². The van der Waals surface area contributed by atoms with Crippen molar-refractivity contribution in [2.75, 3.05) is 11.9 Å². The number of hydrogen-bond donors (Lipinski definition) is 3. The Hall–Kier alpha value is -2.66. The molecule has 198 valence electrons. The second-order valence-electron chi connectivity index (χ2n) is 9.59. The van der Waals surface area contributed by atoms with Crippen molar-refractivity contribution < 1.29 is 41.0 Å². The van der Waals surface area contributed by atoms with Gasteiger partial charge in [-0.05, 0) is 80.6 Å². The summed E-state index contributed by atoms with van der Waals surface area (Å²) in [6, 6.07) is 5.69. The molecular weight excluding hydrogens is 514 g/mol. The highest BCUT2D eigenvalue weighted by molar-refractivity contribution is 6.30. The lowest BCUT2D eigenvalue weighted by Gasteiger charge is -2.32. The molecule has 0 saturated heterocycles. The van der Waals surface area contributed by atoms with Gasteiger partial charge in [-0.15, -0.1) is 0 Å². The Morgan fingerprint density at radius 3 is 2.28 bits per heavy atom. The maximum Gasteiger partial charge on any atom is 0.423 e. The number of halogens is 7. The summed E-state index contributed by atoms with van der Waals surface area (Å²) in [7, 11) is 0. The van der Waals surface area contributed by atoms with Gasteiger partial charge in [-0.2, -0.15) is 26.3 Å². The summed E-state index contributed by atoms with van der Waals surface area (Å²) in [6.45, 7) is 4.01. The lowest BCUT2D eigenvalue weighted by Crippen LogP contribution is -2.48. The van der Waals surface area contributed by atoms with Crippen molar-refractivity contribution in [2.24, 2.45) is 0 Å². The first-order chi connectivity index (χ1) is 16.4. The molecule has 0 saturated carbocycles. The molecule has 0 fully saturated rings. The third kappa shape index (κ3) is 6.36. The largest absolute Gasteiger partial charge is 0.444 e. The molecule has 12 heteroatoms. The van der Waals surface area contributed by atoms with Crippen LogP contribution in [0.3, 0.4) is 0 Å². The highest BCUT2D eigenvalue weighted by atomic mass is 35.5. The van der Waals surface area contributed by atoms with Gasteiger partial charge in [0.05, 0.1) is 18.2 Å². The van der Waals surface area contributed by atoms with E-state index in [0.29, 0.717) is 25.0 Å². The monoisotopic (exact) mass is 538 g/mol. The Balaban J connectivity index is 1.81. The van der Waals surface area contributed by atoms with Crippen LogP contribution in [0.15, 0.2) is 36.4 Å². The summed E-state index contributed by atoms with van der Waals surface area (Å²) in [5, 5.41) is 15.2. The number of hydrogen-bond acceptors (Lipinski definition) is 4. The van der Waals surface area contributed by atoms with Crippen molar-refractivity contribution >= 4 is 23.4 Å². The van der Waals surface area contributed by atoms with Gasteiger partial charge in [-0.1, -0.05) is 17.7 Å². The summed E-state index contributed by atoms with van der Waals surface area (Å²) < 4.78 is 86.3. The van der Waals surface area contributed by atoms with Crippen LogP contribution in [0, 0.1) is 0 Å². The average molecular weight is 539 g/mol. The van der Waals surface area contributed by atoms with Gasteiger partial charge in [0, 0.05) is 10.7 Å². The van der Waals surface area contributed by atoms with Gasteiger partial charge >= 0.3 is 18.4 Å². The number of carbonyl (C=O) groups excluding carboxylic acids is 1. The SMILES string of the molecule is CC(C)(C)OC(=O)N[C@@H]1CCc2cc(NC[C@@](O)(c3cc(Cl)cc(C(F)(F)F)c3)C(F)(F)F)ccc21. The Kier molecular flexibility index (Phi) is 7.49. The quantitative estimate of drug-likeness (QED) is 0.369. The third-order valence-electron chi connectivity index (χ3n) is 5.63. The van der Waals surface area contributed by atoms with Crippen LogP contribution in [0.1, 0.15) is 55.5 Å². The number of rotatable bonds is 5. The summed E-state index contributed by atoms with van der Waals surface area (Å²) in [6.07, 6.45) is -9.79. The van der Waals surface area contributed by atoms with Crippen LogP contribution >= 0.6 is 11.6 Å². The fourth-order valence-electron chi connectivity index (χ4n) is 3.92. The van der Waals surface area contributed by atoms with Gasteiger partial charge in [0.15, 0.2) is 0 Å². The summed E-state index contributed by atoms with van der Waals surface area (Å²) in [5.74, 6) is 0. The Morgan fingerprint density at radius 2 is 1.69 bits per heavy atom. The van der Waals surface area contributed by atoms with E-state index in [1.165, 1.54) is 6.07 Å². The number of alkyl carbamates (subject to hydrolysis) is 1. The molecule has 3 rings (SSSR count). The van der Waals surface area contributed by atoms with Crippen molar-refractivity contribution in [1.82, 2.24) is 5.32 Å². The first-order valence-electron chi connectivity index (χ1n) is 10.9. The first-order valence-corrected chi connectivity index (χ1v) is 11.3. The predicted octanol–water partition coefficient (Wildman–Crippen LogP) is 6.73. The third-order valence-corrected chi connectivity index (χ3v) is 5.85. The van der Waals surface area contributed by atoms with Crippen molar-refractivity contribution in [3.63, 3.8) is 0 Å². The lowest BCUT2D eigenvalue weighted by atomic mass is 9.91. The van der Waals surface area contributed by atoms with Gasteiger partial charge in [0.25, 0.3) is 0 Å². The number of anilines is 1. The Morgan fingerprint density at radius 1 is 1.06 bits per heavy atom. The van der Waals surface area contributed by atoms with Crippen LogP contribution in [-0.4, -0.2) is 29.5 Å². The molecule has 0 radical (unpaired) electrons. The topological polar surface area (TPSA) is 70.6 Å². The normalized spacial score (nSPS) is 17.8. The molecule has 1 amide bonds. The number of amides is 1. The molecule has 0 bridgehead atoms. The molecule has 3 N–H and O–H groups in total.